The summed E-state index contributed by atoms with van der Waals surface area (Å²) < 4.78 is 12.5. The van der Waals surface area contributed by atoms with Gasteiger partial charge in [0.2, 0.25) is 0 Å². The highest BCUT2D eigenvalue weighted by atomic mass is 79.9. The van der Waals surface area contributed by atoms with Crippen molar-refractivity contribution in [1.82, 2.24) is 10.2 Å². The molecule has 1 aliphatic rings. The number of nitrogens with zero attached hydrogens (tertiary/aromatic N) is 1. The molecule has 0 aromatic heterocycles. The lowest BCUT2D eigenvalue weighted by Crippen LogP contribution is -2.30. The Morgan fingerprint density at radius 1 is 1.00 bits per heavy atom. The first-order chi connectivity index (χ1) is 15.9. The van der Waals surface area contributed by atoms with Crippen LogP contribution < -0.4 is 14.8 Å². The zero-order chi connectivity index (χ0) is 23.4. The van der Waals surface area contributed by atoms with E-state index >= 15 is 0 Å². The monoisotopic (exact) mass is 526 g/mol. The van der Waals surface area contributed by atoms with Gasteiger partial charge in [-0.3, -0.25) is 9.69 Å². The Hall–Kier alpha value is -3.29. The Bertz CT molecular complexity index is 1210. The van der Waals surface area contributed by atoms with E-state index in [0.29, 0.717) is 28.7 Å². The van der Waals surface area contributed by atoms with Crippen LogP contribution in [0, 0.1) is 0 Å². The number of benzene rings is 3. The number of nitrogens with one attached hydrogen (secondary N) is 1. The molecule has 168 valence electrons. The van der Waals surface area contributed by atoms with E-state index in [-0.39, 0.29) is 12.2 Å². The van der Waals surface area contributed by atoms with Gasteiger partial charge in [-0.05, 0) is 47.5 Å². The highest BCUT2D eigenvalue weighted by Crippen LogP contribution is 2.34. The predicted molar refractivity (Wildman–Crippen MR) is 130 cm³/mol. The summed E-state index contributed by atoms with van der Waals surface area (Å²) in [5, 5.41) is 3.24. The second kappa shape index (κ2) is 10.1. The van der Waals surface area contributed by atoms with Gasteiger partial charge in [-0.1, -0.05) is 63.9 Å². The normalized spacial score (nSPS) is 14.5. The van der Waals surface area contributed by atoms with E-state index < -0.39 is 11.9 Å². The Labute approximate surface area is 204 Å². The molecule has 4 rings (SSSR count). The number of ether oxygens (including phenoxy) is 2. The number of hydrogen-bond donors (Lipinski definition) is 1. The van der Waals surface area contributed by atoms with Crippen LogP contribution in [-0.2, 0) is 17.9 Å². The maximum atomic E-state index is 12.9. The number of hydrogen-bond acceptors (Lipinski definition) is 4. The van der Waals surface area contributed by atoms with Crippen LogP contribution in [-0.4, -0.2) is 23.9 Å². The maximum absolute atomic E-state index is 12.9. The van der Waals surface area contributed by atoms with Gasteiger partial charge in [0.25, 0.3) is 5.91 Å². The Kier molecular flexibility index (Phi) is 7.01. The third-order valence-electron chi connectivity index (χ3n) is 5.04. The summed E-state index contributed by atoms with van der Waals surface area (Å²) in [5.74, 6) is 0.585. The molecule has 0 saturated carbocycles. The molecule has 0 radical (unpaired) electrons. The van der Waals surface area contributed by atoms with Gasteiger partial charge in [0.05, 0.1) is 13.7 Å². The molecular weight excluding hydrogens is 508 g/mol. The summed E-state index contributed by atoms with van der Waals surface area (Å²) in [6.07, 6.45) is 1.60. The Morgan fingerprint density at radius 3 is 2.39 bits per heavy atom. The fourth-order valence-electron chi connectivity index (χ4n) is 3.34. The van der Waals surface area contributed by atoms with Gasteiger partial charge < -0.3 is 14.8 Å². The summed E-state index contributed by atoms with van der Waals surface area (Å²) in [4.78, 5) is 26.6. The van der Waals surface area contributed by atoms with E-state index in [1.165, 1.54) is 0 Å². The van der Waals surface area contributed by atoms with Gasteiger partial charge in [-0.2, -0.15) is 0 Å². The highest BCUT2D eigenvalue weighted by Gasteiger charge is 2.33. The zero-order valence-electron chi connectivity index (χ0n) is 17.7. The second-order valence-electron chi connectivity index (χ2n) is 7.30. The van der Waals surface area contributed by atoms with Crippen LogP contribution in [0.25, 0.3) is 6.08 Å². The van der Waals surface area contributed by atoms with Crippen molar-refractivity contribution in [2.75, 3.05) is 7.11 Å². The minimum absolute atomic E-state index is 0.143. The van der Waals surface area contributed by atoms with Gasteiger partial charge in [-0.25, -0.2) is 4.79 Å². The molecule has 1 aliphatic heterocycles. The van der Waals surface area contributed by atoms with E-state index in [0.717, 1.165) is 20.5 Å². The summed E-state index contributed by atoms with van der Waals surface area (Å²) in [5.41, 5.74) is 2.55. The summed E-state index contributed by atoms with van der Waals surface area (Å²) in [6.45, 7) is 0.455. The number of urea groups is 1. The van der Waals surface area contributed by atoms with Crippen LogP contribution in [0.1, 0.15) is 16.7 Å². The first-order valence-electron chi connectivity index (χ1n) is 10.1. The summed E-state index contributed by atoms with van der Waals surface area (Å²) in [7, 11) is 1.55. The lowest BCUT2D eigenvalue weighted by Gasteiger charge is -2.14. The topological polar surface area (TPSA) is 67.9 Å². The number of imide groups is 1. The zero-order valence-corrected chi connectivity index (χ0v) is 20.0. The minimum atomic E-state index is -0.485. The average Bonchev–Trinajstić information content (AvgIpc) is 3.07. The van der Waals surface area contributed by atoms with Crippen molar-refractivity contribution >= 4 is 45.5 Å². The van der Waals surface area contributed by atoms with Crippen LogP contribution in [0.15, 0.2) is 76.9 Å². The number of rotatable bonds is 7. The van der Waals surface area contributed by atoms with Crippen LogP contribution in [0.5, 0.6) is 11.5 Å². The molecule has 8 heteroatoms. The fourth-order valence-corrected chi connectivity index (χ4v) is 3.73. The Morgan fingerprint density at radius 2 is 1.70 bits per heavy atom. The first-order valence-corrected chi connectivity index (χ1v) is 11.2. The molecule has 0 bridgehead atoms. The van der Waals surface area contributed by atoms with Gasteiger partial charge in [0.15, 0.2) is 11.5 Å². The Balaban J connectivity index is 1.57. The van der Waals surface area contributed by atoms with Crippen LogP contribution in [0.4, 0.5) is 4.79 Å². The molecule has 1 saturated heterocycles. The van der Waals surface area contributed by atoms with E-state index in [1.807, 2.05) is 24.3 Å². The van der Waals surface area contributed by atoms with Gasteiger partial charge >= 0.3 is 6.03 Å². The molecule has 1 heterocycles. The first kappa shape index (κ1) is 22.9. The summed E-state index contributed by atoms with van der Waals surface area (Å²) >= 11 is 9.34. The molecule has 33 heavy (non-hydrogen) atoms. The van der Waals surface area contributed by atoms with Crippen molar-refractivity contribution in [3.8, 4) is 11.5 Å². The van der Waals surface area contributed by atoms with Crippen molar-refractivity contribution in [3.63, 3.8) is 0 Å². The molecule has 0 unspecified atom stereocenters. The molecule has 1 fully saturated rings. The molecule has 0 aliphatic carbocycles. The number of halogens is 2. The minimum Gasteiger partial charge on any atom is -0.493 e. The molecule has 6 nitrogen and oxygen atoms in total. The van der Waals surface area contributed by atoms with Gasteiger partial charge in [0.1, 0.15) is 12.3 Å². The van der Waals surface area contributed by atoms with Crippen LogP contribution in [0.3, 0.4) is 0 Å². The average molecular weight is 528 g/mol. The van der Waals surface area contributed by atoms with Crippen molar-refractivity contribution in [2.24, 2.45) is 0 Å². The highest BCUT2D eigenvalue weighted by molar-refractivity contribution is 9.10. The SMILES string of the molecule is COc1cccc(C=C2NC(=O)N(Cc3ccc(Cl)cc3)C2=O)c1OCc1ccc(Br)cc1. The second-order valence-corrected chi connectivity index (χ2v) is 8.65. The predicted octanol–water partition coefficient (Wildman–Crippen LogP) is 5.78. The number of carbonyl (C=O) groups is 2. The van der Waals surface area contributed by atoms with Crippen molar-refractivity contribution < 1.29 is 19.1 Å². The third-order valence-corrected chi connectivity index (χ3v) is 5.82. The number of methoxy groups -OCH3 is 1. The van der Waals surface area contributed by atoms with E-state index in [1.54, 1.807) is 55.7 Å². The number of para-hydroxylation sites is 1. The van der Waals surface area contributed by atoms with Crippen LogP contribution in [0.2, 0.25) is 5.02 Å². The van der Waals surface area contributed by atoms with Gasteiger partial charge in [0, 0.05) is 15.1 Å². The van der Waals surface area contributed by atoms with Crippen molar-refractivity contribution in [3.05, 3.63) is 98.6 Å². The molecular formula is C25H20BrClN2O4. The fraction of sp³-hybridized carbons (Fsp3) is 0.120. The standard InChI is InChI=1S/C25H20BrClN2O4/c1-32-22-4-2-3-18(23(22)33-15-17-5-9-19(26)10-6-17)13-21-24(30)29(25(31)28-21)14-16-7-11-20(27)12-8-16/h2-13H,14-15H2,1H3,(H,28,31). The largest absolute Gasteiger partial charge is 0.493 e. The third kappa shape index (κ3) is 5.38. The maximum Gasteiger partial charge on any atom is 0.329 e. The molecule has 3 aromatic rings. The quantitative estimate of drug-likeness (QED) is 0.312. The van der Waals surface area contributed by atoms with E-state index in [2.05, 4.69) is 21.2 Å². The lowest BCUT2D eigenvalue weighted by molar-refractivity contribution is -0.123. The number of carbonyl (C=O) groups excluding carboxylic acids is 2. The molecule has 0 atom stereocenters. The molecule has 1 N–H and O–H groups in total. The molecule has 3 aromatic carbocycles. The van der Waals surface area contributed by atoms with E-state index in [9.17, 15) is 9.59 Å². The molecule has 3 amide bonds. The van der Waals surface area contributed by atoms with Crippen molar-refractivity contribution in [2.45, 2.75) is 13.2 Å². The van der Waals surface area contributed by atoms with Crippen LogP contribution >= 0.6 is 27.5 Å². The van der Waals surface area contributed by atoms with E-state index in [4.69, 9.17) is 21.1 Å². The van der Waals surface area contributed by atoms with Crippen molar-refractivity contribution in [1.29, 1.82) is 0 Å². The molecule has 0 spiro atoms. The number of amides is 3. The summed E-state index contributed by atoms with van der Waals surface area (Å²) in [6, 6.07) is 19.7. The smallest absolute Gasteiger partial charge is 0.329 e. The van der Waals surface area contributed by atoms with Gasteiger partial charge in [-0.15, -0.1) is 0 Å². The lowest BCUT2D eigenvalue weighted by atomic mass is 10.1.